The van der Waals surface area contributed by atoms with E-state index in [9.17, 15) is 9.90 Å². The quantitative estimate of drug-likeness (QED) is 0.278. The molecule has 220 valence electrons. The molecule has 42 heavy (non-hydrogen) atoms. The van der Waals surface area contributed by atoms with Gasteiger partial charge in [-0.25, -0.2) is 9.97 Å². The highest BCUT2D eigenvalue weighted by molar-refractivity contribution is 5.98. The topological polar surface area (TPSA) is 123 Å². The number of aliphatic hydroxyl groups is 1. The molecular weight excluding hydrogens is 532 g/mol. The maximum Gasteiger partial charge on any atom is 0.270 e. The van der Waals surface area contributed by atoms with E-state index in [1.807, 2.05) is 35.2 Å². The monoisotopic (exact) mass is 570 g/mol. The molecule has 0 radical (unpaired) electrons. The highest BCUT2D eigenvalue weighted by Crippen LogP contribution is 2.25. The number of H-pyrrole nitrogens is 1. The summed E-state index contributed by atoms with van der Waals surface area (Å²) in [6, 6.07) is 13.2. The molecule has 1 atom stereocenters. The van der Waals surface area contributed by atoms with E-state index in [1.165, 1.54) is 19.3 Å². The smallest absolute Gasteiger partial charge is 0.270 e. The molecule has 0 spiro atoms. The van der Waals surface area contributed by atoms with Crippen molar-refractivity contribution in [1.29, 1.82) is 0 Å². The lowest BCUT2D eigenvalue weighted by Crippen LogP contribution is -2.47. The number of hydrogen-bond acceptors (Lipinski definition) is 9. The Bertz CT molecular complexity index is 1510. The Morgan fingerprint density at radius 1 is 0.976 bits per heavy atom. The Morgan fingerprint density at radius 2 is 1.79 bits per heavy atom. The molecule has 1 amide bonds. The van der Waals surface area contributed by atoms with Crippen LogP contribution in [0.4, 0.5) is 11.6 Å². The summed E-state index contributed by atoms with van der Waals surface area (Å²) in [5, 5.41) is 14.7. The predicted molar refractivity (Wildman–Crippen MR) is 162 cm³/mol. The van der Waals surface area contributed by atoms with Crippen LogP contribution in [0.1, 0.15) is 29.8 Å². The van der Waals surface area contributed by atoms with E-state index in [0.717, 1.165) is 55.9 Å². The molecule has 0 bridgehead atoms. The molecule has 3 aromatic heterocycles. The van der Waals surface area contributed by atoms with E-state index < -0.39 is 6.10 Å². The van der Waals surface area contributed by atoms with E-state index >= 15 is 0 Å². The van der Waals surface area contributed by atoms with Crippen molar-refractivity contribution >= 4 is 28.4 Å². The first-order valence-electron chi connectivity index (χ1n) is 14.7. The second kappa shape index (κ2) is 12.8. The number of aromatic nitrogens is 4. The number of nitrogens with one attached hydrogen (secondary N) is 2. The fourth-order valence-electron chi connectivity index (χ4n) is 5.52. The number of piperidine rings is 1. The van der Waals surface area contributed by atoms with E-state index in [0.29, 0.717) is 35.3 Å². The van der Waals surface area contributed by atoms with Crippen LogP contribution in [0, 0.1) is 0 Å². The SMILES string of the molecule is CN1CCN(C(=O)c2cc3cc(Nc4nccc(-c5cc(OCC(O)CN6CCCCC6)ccn5)n4)ccc3[nH]2)CC1. The Labute approximate surface area is 245 Å². The summed E-state index contributed by atoms with van der Waals surface area (Å²) in [5.41, 5.74) is 3.60. The number of carbonyl (C=O) groups is 1. The summed E-state index contributed by atoms with van der Waals surface area (Å²) in [7, 11) is 2.07. The van der Waals surface area contributed by atoms with E-state index in [-0.39, 0.29) is 12.5 Å². The van der Waals surface area contributed by atoms with Gasteiger partial charge in [-0.2, -0.15) is 0 Å². The summed E-state index contributed by atoms with van der Waals surface area (Å²) in [4.78, 5) is 36.2. The number of likely N-dealkylation sites (tertiary alicyclic amines) is 1. The average Bonchev–Trinajstić information content (AvgIpc) is 3.44. The maximum absolute atomic E-state index is 13.0. The molecule has 2 saturated heterocycles. The van der Waals surface area contributed by atoms with E-state index in [2.05, 4.69) is 42.1 Å². The van der Waals surface area contributed by atoms with Crippen molar-refractivity contribution in [1.82, 2.24) is 34.6 Å². The first kappa shape index (κ1) is 28.1. The molecule has 4 aromatic rings. The van der Waals surface area contributed by atoms with Crippen LogP contribution in [-0.2, 0) is 0 Å². The summed E-state index contributed by atoms with van der Waals surface area (Å²) < 4.78 is 5.89. The van der Waals surface area contributed by atoms with Gasteiger partial charge < -0.3 is 34.8 Å². The van der Waals surface area contributed by atoms with Gasteiger partial charge in [0, 0.05) is 67.8 Å². The molecule has 2 fully saturated rings. The number of aliphatic hydroxyl groups excluding tert-OH is 1. The van der Waals surface area contributed by atoms with Crippen molar-refractivity contribution in [3.05, 3.63) is 60.6 Å². The minimum Gasteiger partial charge on any atom is -0.491 e. The number of pyridine rings is 1. The van der Waals surface area contributed by atoms with Gasteiger partial charge in [-0.05, 0) is 69.4 Å². The molecule has 11 nitrogen and oxygen atoms in total. The van der Waals surface area contributed by atoms with Crippen LogP contribution in [-0.4, -0.2) is 111 Å². The molecule has 0 aliphatic carbocycles. The third-order valence-corrected chi connectivity index (χ3v) is 7.91. The van der Waals surface area contributed by atoms with Gasteiger partial charge in [0.25, 0.3) is 5.91 Å². The van der Waals surface area contributed by atoms with Gasteiger partial charge in [0.15, 0.2) is 0 Å². The van der Waals surface area contributed by atoms with Crippen molar-refractivity contribution < 1.29 is 14.6 Å². The standard InChI is InChI=1S/C31H38N8O3/c1-37-13-15-39(16-14-37)30(41)29-18-22-17-23(5-6-26(22)35-29)34-31-33-10-8-27(36-31)28-19-25(7-9-32-28)42-21-24(40)20-38-11-3-2-4-12-38/h5-10,17-19,24,35,40H,2-4,11-16,20-21H2,1H3,(H,33,34,36). The molecule has 11 heteroatoms. The Kier molecular flexibility index (Phi) is 8.59. The zero-order valence-electron chi connectivity index (χ0n) is 24.0. The van der Waals surface area contributed by atoms with Crippen LogP contribution in [0.3, 0.4) is 0 Å². The summed E-state index contributed by atoms with van der Waals surface area (Å²) >= 11 is 0. The third kappa shape index (κ3) is 6.87. The van der Waals surface area contributed by atoms with Gasteiger partial charge in [-0.3, -0.25) is 9.78 Å². The average molecular weight is 571 g/mol. The van der Waals surface area contributed by atoms with Crippen LogP contribution >= 0.6 is 0 Å². The third-order valence-electron chi connectivity index (χ3n) is 7.91. The van der Waals surface area contributed by atoms with Gasteiger partial charge in [-0.1, -0.05) is 6.42 Å². The minimum atomic E-state index is -0.548. The number of rotatable bonds is 9. The fourth-order valence-corrected chi connectivity index (χ4v) is 5.52. The number of ether oxygens (including phenoxy) is 1. The molecule has 2 aliphatic rings. The van der Waals surface area contributed by atoms with Crippen molar-refractivity contribution in [2.45, 2.75) is 25.4 Å². The normalized spacial score (nSPS) is 17.3. The molecule has 3 N–H and O–H groups in total. The van der Waals surface area contributed by atoms with Gasteiger partial charge in [0.2, 0.25) is 5.95 Å². The van der Waals surface area contributed by atoms with Gasteiger partial charge >= 0.3 is 0 Å². The largest absolute Gasteiger partial charge is 0.491 e. The van der Waals surface area contributed by atoms with Crippen LogP contribution < -0.4 is 10.1 Å². The van der Waals surface area contributed by atoms with Crippen molar-refractivity contribution in [2.75, 3.05) is 64.8 Å². The van der Waals surface area contributed by atoms with Gasteiger partial charge in [0.05, 0.1) is 11.4 Å². The molecule has 6 rings (SSSR count). The lowest BCUT2D eigenvalue weighted by Gasteiger charge is -2.32. The van der Waals surface area contributed by atoms with Crippen molar-refractivity contribution in [2.24, 2.45) is 0 Å². The first-order chi connectivity index (χ1) is 20.5. The molecule has 1 aromatic carbocycles. The Morgan fingerprint density at radius 3 is 2.62 bits per heavy atom. The predicted octanol–water partition coefficient (Wildman–Crippen LogP) is 3.38. The zero-order valence-corrected chi connectivity index (χ0v) is 24.0. The van der Waals surface area contributed by atoms with Crippen molar-refractivity contribution in [3.63, 3.8) is 0 Å². The molecule has 1 unspecified atom stereocenters. The number of amides is 1. The number of aromatic amines is 1. The fraction of sp³-hybridized carbons (Fsp3) is 0.419. The zero-order chi connectivity index (χ0) is 28.9. The van der Waals surface area contributed by atoms with Crippen LogP contribution in [0.5, 0.6) is 5.75 Å². The number of carbonyl (C=O) groups excluding carboxylic acids is 1. The second-order valence-electron chi connectivity index (χ2n) is 11.2. The van der Waals surface area contributed by atoms with Gasteiger partial charge in [-0.15, -0.1) is 0 Å². The van der Waals surface area contributed by atoms with Crippen LogP contribution in [0.25, 0.3) is 22.3 Å². The number of hydrogen-bond donors (Lipinski definition) is 3. The second-order valence-corrected chi connectivity index (χ2v) is 11.2. The molecule has 5 heterocycles. The number of piperazine rings is 1. The number of β-amino-alcohol motifs (C(OH)–C–C–N with tert-alkyl or cyclic N) is 1. The highest BCUT2D eigenvalue weighted by Gasteiger charge is 2.22. The number of nitrogens with zero attached hydrogens (tertiary/aromatic N) is 6. The van der Waals surface area contributed by atoms with E-state index in [1.54, 1.807) is 24.5 Å². The van der Waals surface area contributed by atoms with Crippen molar-refractivity contribution in [3.8, 4) is 17.1 Å². The van der Waals surface area contributed by atoms with Crippen LogP contribution in [0.15, 0.2) is 54.9 Å². The summed E-state index contributed by atoms with van der Waals surface area (Å²) in [6.07, 6.45) is 6.47. The summed E-state index contributed by atoms with van der Waals surface area (Å²) in [6.45, 7) is 6.16. The first-order valence-corrected chi connectivity index (χ1v) is 14.7. The molecule has 2 aliphatic heterocycles. The van der Waals surface area contributed by atoms with Gasteiger partial charge in [0.1, 0.15) is 24.2 Å². The maximum atomic E-state index is 13.0. The lowest BCUT2D eigenvalue weighted by molar-refractivity contribution is 0.0617. The molecular formula is C31H38N8O3. The Balaban J connectivity index is 1.09. The number of anilines is 2. The summed E-state index contributed by atoms with van der Waals surface area (Å²) in [5.74, 6) is 1.09. The minimum absolute atomic E-state index is 0.0278. The number of fused-ring (bicyclic) bond motifs is 1. The van der Waals surface area contributed by atoms with Crippen LogP contribution in [0.2, 0.25) is 0 Å². The Hall–Kier alpha value is -4.06. The number of benzene rings is 1. The number of likely N-dealkylation sites (N-methyl/N-ethyl adjacent to an activating group) is 1. The lowest BCUT2D eigenvalue weighted by atomic mass is 10.1. The van der Waals surface area contributed by atoms with E-state index in [4.69, 9.17) is 4.74 Å². The molecule has 0 saturated carbocycles. The highest BCUT2D eigenvalue weighted by atomic mass is 16.5.